The monoisotopic (exact) mass is 299 g/mol. The van der Waals surface area contributed by atoms with Gasteiger partial charge >= 0.3 is 0 Å². The summed E-state index contributed by atoms with van der Waals surface area (Å²) in [6.07, 6.45) is 10.8. The first-order chi connectivity index (χ1) is 10.8. The van der Waals surface area contributed by atoms with Crippen LogP contribution in [0.3, 0.4) is 0 Å². The second-order valence-corrected chi connectivity index (χ2v) is 7.01. The summed E-state index contributed by atoms with van der Waals surface area (Å²) in [4.78, 5) is 2.28. The molecular weight excluding hydrogens is 274 g/mol. The minimum atomic E-state index is 0.574. The van der Waals surface area contributed by atoms with Crippen molar-refractivity contribution in [3.63, 3.8) is 0 Å². The lowest BCUT2D eigenvalue weighted by Crippen LogP contribution is -2.23. The lowest BCUT2D eigenvalue weighted by Gasteiger charge is -2.25. The average Bonchev–Trinajstić information content (AvgIpc) is 3.32. The topological polar surface area (TPSA) is 46.3 Å². The molecular formula is C17H25N5. The van der Waals surface area contributed by atoms with Gasteiger partial charge in [-0.2, -0.15) is 4.52 Å². The van der Waals surface area contributed by atoms with Crippen LogP contribution >= 0.6 is 0 Å². The molecule has 0 aliphatic heterocycles. The number of rotatable bonds is 5. The van der Waals surface area contributed by atoms with Crippen LogP contribution in [0, 0.1) is 5.92 Å². The molecule has 0 unspecified atom stereocenters. The summed E-state index contributed by atoms with van der Waals surface area (Å²) in [6.45, 7) is 1.09. The maximum Gasteiger partial charge on any atom is 0.178 e. The normalized spacial score (nSPS) is 19.7. The Labute approximate surface area is 131 Å². The van der Waals surface area contributed by atoms with Crippen LogP contribution in [0.15, 0.2) is 12.1 Å². The Balaban J connectivity index is 1.46. The van der Waals surface area contributed by atoms with Gasteiger partial charge in [0.05, 0.1) is 0 Å². The van der Waals surface area contributed by atoms with Gasteiger partial charge in [0.2, 0.25) is 0 Å². The molecule has 2 heterocycles. The van der Waals surface area contributed by atoms with Crippen LogP contribution in [-0.4, -0.2) is 33.4 Å². The molecule has 0 amide bonds. The Bertz CT molecular complexity index is 640. The zero-order chi connectivity index (χ0) is 14.9. The maximum absolute atomic E-state index is 4.78. The summed E-state index contributed by atoms with van der Waals surface area (Å²) in [6, 6.07) is 4.11. The SMILES string of the molecule is CN(CCC1CCCCC1)c1ccc2nnc(C3CC3)n2n1. The second kappa shape index (κ2) is 5.86. The first-order valence-corrected chi connectivity index (χ1v) is 8.75. The Morgan fingerprint density at radius 1 is 1.09 bits per heavy atom. The molecule has 2 aromatic heterocycles. The average molecular weight is 299 g/mol. The smallest absolute Gasteiger partial charge is 0.178 e. The van der Waals surface area contributed by atoms with Crippen molar-refractivity contribution in [3.05, 3.63) is 18.0 Å². The molecule has 2 saturated carbocycles. The summed E-state index contributed by atoms with van der Waals surface area (Å²) in [5.41, 5.74) is 0.867. The van der Waals surface area contributed by atoms with E-state index in [1.54, 1.807) is 0 Å². The molecule has 4 rings (SSSR count). The van der Waals surface area contributed by atoms with Crippen LogP contribution in [0.1, 0.15) is 63.1 Å². The number of nitrogens with zero attached hydrogens (tertiary/aromatic N) is 5. The van der Waals surface area contributed by atoms with Crippen LogP contribution in [0.25, 0.3) is 5.65 Å². The second-order valence-electron chi connectivity index (χ2n) is 7.01. The Kier molecular flexibility index (Phi) is 3.72. The molecule has 2 fully saturated rings. The van der Waals surface area contributed by atoms with Gasteiger partial charge in [-0.25, -0.2) is 0 Å². The number of aromatic nitrogens is 4. The lowest BCUT2D eigenvalue weighted by molar-refractivity contribution is 0.341. The highest BCUT2D eigenvalue weighted by Crippen LogP contribution is 2.38. The number of anilines is 1. The van der Waals surface area contributed by atoms with Crippen LogP contribution in [0.4, 0.5) is 5.82 Å². The fourth-order valence-corrected chi connectivity index (χ4v) is 3.56. The van der Waals surface area contributed by atoms with Gasteiger partial charge in [0.25, 0.3) is 0 Å². The van der Waals surface area contributed by atoms with Crippen molar-refractivity contribution >= 4 is 11.5 Å². The molecule has 5 heteroatoms. The van der Waals surface area contributed by atoms with Gasteiger partial charge in [-0.15, -0.1) is 15.3 Å². The zero-order valence-electron chi connectivity index (χ0n) is 13.4. The third-order valence-electron chi connectivity index (χ3n) is 5.20. The van der Waals surface area contributed by atoms with E-state index in [4.69, 9.17) is 5.10 Å². The van der Waals surface area contributed by atoms with E-state index in [-0.39, 0.29) is 0 Å². The highest BCUT2D eigenvalue weighted by molar-refractivity contribution is 5.45. The van der Waals surface area contributed by atoms with E-state index in [2.05, 4.69) is 28.2 Å². The summed E-state index contributed by atoms with van der Waals surface area (Å²) in [5, 5.41) is 13.3. The van der Waals surface area contributed by atoms with Crippen molar-refractivity contribution in [1.29, 1.82) is 0 Å². The van der Waals surface area contributed by atoms with E-state index in [0.717, 1.165) is 29.8 Å². The molecule has 118 valence electrons. The number of hydrogen-bond donors (Lipinski definition) is 0. The molecule has 0 spiro atoms. The fraction of sp³-hybridized carbons (Fsp3) is 0.706. The van der Waals surface area contributed by atoms with Crippen LogP contribution < -0.4 is 4.90 Å². The van der Waals surface area contributed by atoms with Gasteiger partial charge in [0.15, 0.2) is 11.5 Å². The van der Waals surface area contributed by atoms with Gasteiger partial charge in [-0.1, -0.05) is 32.1 Å². The highest BCUT2D eigenvalue weighted by Gasteiger charge is 2.29. The van der Waals surface area contributed by atoms with Crippen molar-refractivity contribution < 1.29 is 0 Å². The van der Waals surface area contributed by atoms with E-state index >= 15 is 0 Å². The molecule has 0 saturated heterocycles. The molecule has 2 aliphatic rings. The Hall–Kier alpha value is -1.65. The van der Waals surface area contributed by atoms with Gasteiger partial charge in [0.1, 0.15) is 5.82 Å². The van der Waals surface area contributed by atoms with Crippen LogP contribution in [0.2, 0.25) is 0 Å². The molecule has 0 bridgehead atoms. The summed E-state index contributed by atoms with van der Waals surface area (Å²) in [7, 11) is 2.15. The summed E-state index contributed by atoms with van der Waals surface area (Å²) in [5.74, 6) is 3.56. The Morgan fingerprint density at radius 3 is 2.68 bits per heavy atom. The number of hydrogen-bond acceptors (Lipinski definition) is 4. The molecule has 5 nitrogen and oxygen atoms in total. The summed E-state index contributed by atoms with van der Waals surface area (Å²) < 4.78 is 1.95. The maximum atomic E-state index is 4.78. The van der Waals surface area contributed by atoms with Crippen LogP contribution in [0.5, 0.6) is 0 Å². The third kappa shape index (κ3) is 2.81. The standard InChI is InChI=1S/C17H25N5/c1-21(12-11-13-5-3-2-4-6-13)16-10-9-15-18-19-17(14-7-8-14)22(15)20-16/h9-10,13-14H,2-8,11-12H2,1H3. The molecule has 0 radical (unpaired) electrons. The van der Waals surface area contributed by atoms with Gasteiger partial charge in [0, 0.05) is 19.5 Å². The predicted octanol–water partition coefficient (Wildman–Crippen LogP) is 3.41. The molecule has 2 aliphatic carbocycles. The van der Waals surface area contributed by atoms with E-state index in [0.29, 0.717) is 5.92 Å². The third-order valence-corrected chi connectivity index (χ3v) is 5.20. The molecule has 0 aromatic carbocycles. The van der Waals surface area contributed by atoms with E-state index in [1.165, 1.54) is 51.4 Å². The quantitative estimate of drug-likeness (QED) is 0.849. The fourth-order valence-electron chi connectivity index (χ4n) is 3.56. The first-order valence-electron chi connectivity index (χ1n) is 8.75. The molecule has 0 atom stereocenters. The van der Waals surface area contributed by atoms with E-state index < -0.39 is 0 Å². The van der Waals surface area contributed by atoms with Crippen LogP contribution in [-0.2, 0) is 0 Å². The minimum absolute atomic E-state index is 0.574. The van der Waals surface area contributed by atoms with Crippen molar-refractivity contribution in [2.75, 3.05) is 18.5 Å². The predicted molar refractivity (Wildman–Crippen MR) is 87.2 cm³/mol. The number of fused-ring (bicyclic) bond motifs is 1. The van der Waals surface area contributed by atoms with Gasteiger partial charge < -0.3 is 4.90 Å². The van der Waals surface area contributed by atoms with Crippen molar-refractivity contribution in [1.82, 2.24) is 19.8 Å². The molecule has 2 aromatic rings. The van der Waals surface area contributed by atoms with Gasteiger partial charge in [-0.3, -0.25) is 0 Å². The first kappa shape index (κ1) is 14.0. The van der Waals surface area contributed by atoms with Crippen molar-refractivity contribution in [2.45, 2.75) is 57.3 Å². The zero-order valence-corrected chi connectivity index (χ0v) is 13.4. The van der Waals surface area contributed by atoms with E-state index in [1.807, 2.05) is 10.6 Å². The minimum Gasteiger partial charge on any atom is -0.358 e. The molecule has 22 heavy (non-hydrogen) atoms. The summed E-state index contributed by atoms with van der Waals surface area (Å²) >= 11 is 0. The Morgan fingerprint density at radius 2 is 1.91 bits per heavy atom. The van der Waals surface area contributed by atoms with Crippen molar-refractivity contribution in [2.24, 2.45) is 5.92 Å². The van der Waals surface area contributed by atoms with Gasteiger partial charge in [-0.05, 0) is 37.3 Å². The van der Waals surface area contributed by atoms with E-state index in [9.17, 15) is 0 Å². The highest BCUT2D eigenvalue weighted by atomic mass is 15.4. The lowest BCUT2D eigenvalue weighted by atomic mass is 9.87. The largest absolute Gasteiger partial charge is 0.358 e. The molecule has 0 N–H and O–H groups in total. The van der Waals surface area contributed by atoms with Crippen molar-refractivity contribution in [3.8, 4) is 0 Å².